The molecule has 5 nitrogen and oxygen atoms in total. The van der Waals surface area contributed by atoms with Crippen molar-refractivity contribution in [3.8, 4) is 5.75 Å². The molecule has 25 heavy (non-hydrogen) atoms. The fourth-order valence-corrected chi connectivity index (χ4v) is 3.31. The van der Waals surface area contributed by atoms with Gasteiger partial charge in [0.15, 0.2) is 0 Å². The van der Waals surface area contributed by atoms with Gasteiger partial charge in [0.2, 0.25) is 11.8 Å². The maximum atomic E-state index is 12.6. The van der Waals surface area contributed by atoms with Gasteiger partial charge in [0, 0.05) is 18.7 Å². The number of benzene rings is 2. The number of nitrogens with one attached hydrogen (secondary N) is 1. The molecule has 3 rings (SSSR count). The normalized spacial score (nSPS) is 16.8. The molecule has 0 saturated carbocycles. The maximum absolute atomic E-state index is 12.6. The fourth-order valence-electron chi connectivity index (χ4n) is 3.31. The summed E-state index contributed by atoms with van der Waals surface area (Å²) in [5.74, 6) is 0.0485. The van der Waals surface area contributed by atoms with Crippen LogP contribution in [0.4, 0.5) is 11.4 Å². The zero-order chi connectivity index (χ0) is 18.0. The molecular weight excluding hydrogens is 316 g/mol. The first kappa shape index (κ1) is 17.0. The number of nitrogens with zero attached hydrogens (tertiary/aromatic N) is 1. The molecule has 1 fully saturated rings. The molecule has 5 heteroatoms. The van der Waals surface area contributed by atoms with Gasteiger partial charge < -0.3 is 15.0 Å². The van der Waals surface area contributed by atoms with Crippen LogP contribution in [0.3, 0.4) is 0 Å². The Balaban J connectivity index is 1.77. The van der Waals surface area contributed by atoms with Gasteiger partial charge in [-0.2, -0.15) is 0 Å². The summed E-state index contributed by atoms with van der Waals surface area (Å²) in [7, 11) is 1.56. The number of aryl methyl sites for hydroxylation is 2. The Hall–Kier alpha value is -2.82. The van der Waals surface area contributed by atoms with E-state index in [-0.39, 0.29) is 24.2 Å². The minimum Gasteiger partial charge on any atom is -0.495 e. The number of para-hydroxylation sites is 3. The molecule has 130 valence electrons. The van der Waals surface area contributed by atoms with Crippen LogP contribution in [-0.4, -0.2) is 25.5 Å². The molecule has 0 unspecified atom stereocenters. The van der Waals surface area contributed by atoms with E-state index in [4.69, 9.17) is 4.74 Å². The van der Waals surface area contributed by atoms with Crippen LogP contribution in [0.15, 0.2) is 42.5 Å². The Kier molecular flexibility index (Phi) is 4.74. The number of ether oxygens (including phenoxy) is 1. The van der Waals surface area contributed by atoms with Crippen LogP contribution < -0.4 is 15.0 Å². The van der Waals surface area contributed by atoms with Crippen LogP contribution >= 0.6 is 0 Å². The Morgan fingerprint density at radius 2 is 1.80 bits per heavy atom. The van der Waals surface area contributed by atoms with E-state index in [2.05, 4.69) is 5.32 Å². The van der Waals surface area contributed by atoms with Gasteiger partial charge in [-0.1, -0.05) is 30.3 Å². The van der Waals surface area contributed by atoms with E-state index in [0.717, 1.165) is 16.8 Å². The molecule has 0 aromatic heterocycles. The summed E-state index contributed by atoms with van der Waals surface area (Å²) in [5, 5.41) is 2.88. The lowest BCUT2D eigenvalue weighted by Gasteiger charge is -2.21. The van der Waals surface area contributed by atoms with Crippen molar-refractivity contribution in [3.05, 3.63) is 53.6 Å². The molecule has 0 spiro atoms. The summed E-state index contributed by atoms with van der Waals surface area (Å²) in [6.45, 7) is 4.36. The van der Waals surface area contributed by atoms with Crippen molar-refractivity contribution in [2.45, 2.75) is 20.3 Å². The SMILES string of the molecule is COc1ccccc1NC(=O)[C@@H]1CC(=O)N(c2c(C)cccc2C)C1. The Morgan fingerprint density at radius 3 is 2.48 bits per heavy atom. The molecule has 0 aliphatic carbocycles. The molecule has 1 aliphatic rings. The van der Waals surface area contributed by atoms with Crippen LogP contribution in [0.5, 0.6) is 5.75 Å². The zero-order valence-corrected chi connectivity index (χ0v) is 14.7. The minimum absolute atomic E-state index is 0.0161. The summed E-state index contributed by atoms with van der Waals surface area (Å²) in [4.78, 5) is 26.9. The average Bonchev–Trinajstić information content (AvgIpc) is 2.97. The van der Waals surface area contributed by atoms with Gasteiger partial charge in [0.05, 0.1) is 18.7 Å². The Bertz CT molecular complexity index is 796. The van der Waals surface area contributed by atoms with Crippen molar-refractivity contribution >= 4 is 23.2 Å². The van der Waals surface area contributed by atoms with E-state index >= 15 is 0 Å². The number of hydrogen-bond donors (Lipinski definition) is 1. The van der Waals surface area contributed by atoms with Gasteiger partial charge in [0.25, 0.3) is 0 Å². The molecule has 2 aromatic carbocycles. The predicted octanol–water partition coefficient (Wildman–Crippen LogP) is 3.30. The number of rotatable bonds is 4. The quantitative estimate of drug-likeness (QED) is 0.930. The molecule has 1 atom stereocenters. The van der Waals surface area contributed by atoms with Gasteiger partial charge >= 0.3 is 0 Å². The highest BCUT2D eigenvalue weighted by Crippen LogP contribution is 2.32. The third-order valence-electron chi connectivity index (χ3n) is 4.57. The van der Waals surface area contributed by atoms with E-state index < -0.39 is 0 Å². The first-order chi connectivity index (χ1) is 12.0. The molecule has 1 N–H and O–H groups in total. The smallest absolute Gasteiger partial charge is 0.229 e. The van der Waals surface area contributed by atoms with Gasteiger partial charge in [0.1, 0.15) is 5.75 Å². The Labute approximate surface area is 147 Å². The van der Waals surface area contributed by atoms with Crippen LogP contribution in [0, 0.1) is 19.8 Å². The molecule has 1 saturated heterocycles. The maximum Gasteiger partial charge on any atom is 0.229 e. The molecular formula is C20H22N2O3. The summed E-state index contributed by atoms with van der Waals surface area (Å²) < 4.78 is 5.26. The van der Waals surface area contributed by atoms with Crippen LogP contribution in [-0.2, 0) is 9.59 Å². The van der Waals surface area contributed by atoms with Crippen molar-refractivity contribution in [3.63, 3.8) is 0 Å². The van der Waals surface area contributed by atoms with Gasteiger partial charge in [-0.05, 0) is 37.1 Å². The van der Waals surface area contributed by atoms with Crippen molar-refractivity contribution in [2.75, 3.05) is 23.9 Å². The lowest BCUT2D eigenvalue weighted by atomic mass is 10.1. The number of anilines is 2. The summed E-state index contributed by atoms with van der Waals surface area (Å²) in [6.07, 6.45) is 0.217. The molecule has 1 heterocycles. The number of methoxy groups -OCH3 is 1. The third kappa shape index (κ3) is 3.36. The summed E-state index contributed by atoms with van der Waals surface area (Å²) in [6, 6.07) is 13.2. The van der Waals surface area contributed by atoms with Gasteiger partial charge in [-0.3, -0.25) is 9.59 Å². The number of carbonyl (C=O) groups is 2. The fraction of sp³-hybridized carbons (Fsp3) is 0.300. The van der Waals surface area contributed by atoms with Crippen molar-refractivity contribution in [1.82, 2.24) is 0 Å². The standard InChI is InChI=1S/C20H22N2O3/c1-13-7-6-8-14(2)19(13)22-12-15(11-18(22)23)20(24)21-16-9-4-5-10-17(16)25-3/h4-10,15H,11-12H2,1-3H3,(H,21,24)/t15-/m1/s1. The average molecular weight is 338 g/mol. The molecule has 2 aromatic rings. The number of amides is 2. The molecule has 0 radical (unpaired) electrons. The zero-order valence-electron chi connectivity index (χ0n) is 14.7. The summed E-state index contributed by atoms with van der Waals surface area (Å²) >= 11 is 0. The van der Waals surface area contributed by atoms with Crippen molar-refractivity contribution < 1.29 is 14.3 Å². The molecule has 1 aliphatic heterocycles. The largest absolute Gasteiger partial charge is 0.495 e. The first-order valence-electron chi connectivity index (χ1n) is 8.31. The van der Waals surface area contributed by atoms with E-state index in [9.17, 15) is 9.59 Å². The first-order valence-corrected chi connectivity index (χ1v) is 8.31. The van der Waals surface area contributed by atoms with Crippen LogP contribution in [0.1, 0.15) is 17.5 Å². The summed E-state index contributed by atoms with van der Waals surface area (Å²) in [5.41, 5.74) is 3.62. The van der Waals surface area contributed by atoms with E-state index in [0.29, 0.717) is 18.0 Å². The Morgan fingerprint density at radius 1 is 1.12 bits per heavy atom. The molecule has 0 bridgehead atoms. The predicted molar refractivity (Wildman–Crippen MR) is 98.0 cm³/mol. The molecule has 2 amide bonds. The second kappa shape index (κ2) is 6.97. The second-order valence-electron chi connectivity index (χ2n) is 6.34. The lowest BCUT2D eigenvalue weighted by Crippen LogP contribution is -2.29. The highest BCUT2D eigenvalue weighted by atomic mass is 16.5. The second-order valence-corrected chi connectivity index (χ2v) is 6.34. The van der Waals surface area contributed by atoms with Crippen molar-refractivity contribution in [2.24, 2.45) is 5.92 Å². The van der Waals surface area contributed by atoms with Gasteiger partial charge in [-0.25, -0.2) is 0 Å². The highest BCUT2D eigenvalue weighted by molar-refractivity contribution is 6.04. The lowest BCUT2D eigenvalue weighted by molar-refractivity contribution is -0.122. The monoisotopic (exact) mass is 338 g/mol. The van der Waals surface area contributed by atoms with Crippen LogP contribution in [0.25, 0.3) is 0 Å². The number of carbonyl (C=O) groups excluding carboxylic acids is 2. The van der Waals surface area contributed by atoms with E-state index in [1.165, 1.54) is 0 Å². The van der Waals surface area contributed by atoms with E-state index in [1.807, 2.05) is 44.2 Å². The van der Waals surface area contributed by atoms with Gasteiger partial charge in [-0.15, -0.1) is 0 Å². The topological polar surface area (TPSA) is 58.6 Å². The van der Waals surface area contributed by atoms with E-state index in [1.54, 1.807) is 24.1 Å². The van der Waals surface area contributed by atoms with Crippen molar-refractivity contribution in [1.29, 1.82) is 0 Å². The van der Waals surface area contributed by atoms with Crippen LogP contribution in [0.2, 0.25) is 0 Å². The number of hydrogen-bond acceptors (Lipinski definition) is 3. The minimum atomic E-state index is -0.378. The highest BCUT2D eigenvalue weighted by Gasteiger charge is 2.36. The third-order valence-corrected chi connectivity index (χ3v) is 4.57.